The Hall–Kier alpha value is -1.17. The second-order valence-corrected chi connectivity index (χ2v) is 6.51. The van der Waals surface area contributed by atoms with Crippen molar-refractivity contribution in [1.82, 2.24) is 9.88 Å². The first-order valence-electron chi connectivity index (χ1n) is 7.78. The Kier molecular flexibility index (Phi) is 6.17. The van der Waals surface area contributed by atoms with E-state index in [1.54, 1.807) is 12.1 Å². The van der Waals surface area contributed by atoms with E-state index in [-0.39, 0.29) is 24.0 Å². The van der Waals surface area contributed by atoms with Gasteiger partial charge < -0.3 is 10.4 Å². The Morgan fingerprint density at radius 3 is 2.86 bits per heavy atom. The molecular weight excluding hydrogens is 302 g/mol. The zero-order chi connectivity index (χ0) is 16.1. The van der Waals surface area contributed by atoms with Gasteiger partial charge in [0.1, 0.15) is 5.82 Å². The summed E-state index contributed by atoms with van der Waals surface area (Å²) in [5.74, 6) is 0.637. The predicted octanol–water partition coefficient (Wildman–Crippen LogP) is 2.54. The molecule has 1 saturated carbocycles. The Bertz CT molecular complexity index is 495. The molecule has 2 N–H and O–H groups in total. The van der Waals surface area contributed by atoms with Gasteiger partial charge in [-0.2, -0.15) is 0 Å². The van der Waals surface area contributed by atoms with E-state index in [9.17, 15) is 9.90 Å². The van der Waals surface area contributed by atoms with Crippen LogP contribution in [0.4, 0.5) is 5.82 Å². The van der Waals surface area contributed by atoms with Gasteiger partial charge in [-0.1, -0.05) is 24.4 Å². The fourth-order valence-electron chi connectivity index (χ4n) is 2.81. The largest absolute Gasteiger partial charge is 0.393 e. The number of aromatic nitrogens is 1. The standard InChI is InChI=1S/C16H24ClN3O2/c1-11(16(22)19-15-8-7-13(17)9-18-15)20(2)10-12-5-3-4-6-14(12)21/h7-9,11-12,14,21H,3-6,10H2,1-2H3,(H,18,19,22). The molecular formula is C16H24ClN3O2. The van der Waals surface area contributed by atoms with Crippen LogP contribution in [0.2, 0.25) is 5.02 Å². The lowest BCUT2D eigenvalue weighted by Crippen LogP contribution is -2.44. The molecule has 0 saturated heterocycles. The number of nitrogens with one attached hydrogen (secondary N) is 1. The van der Waals surface area contributed by atoms with Gasteiger partial charge in [-0.15, -0.1) is 0 Å². The summed E-state index contributed by atoms with van der Waals surface area (Å²) in [6, 6.07) is 3.08. The van der Waals surface area contributed by atoms with Crippen molar-refractivity contribution >= 4 is 23.3 Å². The molecule has 0 aliphatic heterocycles. The summed E-state index contributed by atoms with van der Waals surface area (Å²) >= 11 is 5.78. The summed E-state index contributed by atoms with van der Waals surface area (Å²) in [5.41, 5.74) is 0. The summed E-state index contributed by atoms with van der Waals surface area (Å²) < 4.78 is 0. The second kappa shape index (κ2) is 7.90. The number of aliphatic hydroxyl groups is 1. The number of rotatable bonds is 5. The molecule has 3 unspecified atom stereocenters. The fraction of sp³-hybridized carbons (Fsp3) is 0.625. The molecule has 0 aromatic carbocycles. The van der Waals surface area contributed by atoms with Gasteiger partial charge >= 0.3 is 0 Å². The van der Waals surface area contributed by atoms with Crippen LogP contribution in [0.3, 0.4) is 0 Å². The van der Waals surface area contributed by atoms with E-state index >= 15 is 0 Å². The lowest BCUT2D eigenvalue weighted by atomic mass is 9.86. The van der Waals surface area contributed by atoms with Crippen LogP contribution in [0.25, 0.3) is 0 Å². The Labute approximate surface area is 136 Å². The highest BCUT2D eigenvalue weighted by atomic mass is 35.5. The fourth-order valence-corrected chi connectivity index (χ4v) is 2.92. The number of nitrogens with zero attached hydrogens (tertiary/aromatic N) is 2. The van der Waals surface area contributed by atoms with Crippen molar-refractivity contribution in [3.05, 3.63) is 23.4 Å². The Morgan fingerprint density at radius 2 is 2.23 bits per heavy atom. The van der Waals surface area contributed by atoms with Crippen LogP contribution >= 0.6 is 11.6 Å². The maximum Gasteiger partial charge on any atom is 0.242 e. The Morgan fingerprint density at radius 1 is 1.50 bits per heavy atom. The number of aliphatic hydroxyl groups excluding tert-OH is 1. The van der Waals surface area contributed by atoms with Crippen LogP contribution in [0.5, 0.6) is 0 Å². The van der Waals surface area contributed by atoms with E-state index in [4.69, 9.17) is 11.6 Å². The monoisotopic (exact) mass is 325 g/mol. The predicted molar refractivity (Wildman–Crippen MR) is 87.9 cm³/mol. The topological polar surface area (TPSA) is 65.5 Å². The van der Waals surface area contributed by atoms with Crippen LogP contribution in [-0.4, -0.2) is 46.6 Å². The molecule has 1 aliphatic rings. The highest BCUT2D eigenvalue weighted by Crippen LogP contribution is 2.25. The first-order valence-corrected chi connectivity index (χ1v) is 8.16. The highest BCUT2D eigenvalue weighted by Gasteiger charge is 2.27. The van der Waals surface area contributed by atoms with Gasteiger partial charge in [0.15, 0.2) is 0 Å². The van der Waals surface area contributed by atoms with Crippen molar-refractivity contribution in [3.8, 4) is 0 Å². The molecule has 2 rings (SSSR count). The number of halogens is 1. The summed E-state index contributed by atoms with van der Waals surface area (Å²) in [6.45, 7) is 2.59. The maximum atomic E-state index is 12.3. The van der Waals surface area contributed by atoms with Crippen LogP contribution in [-0.2, 0) is 4.79 Å². The highest BCUT2D eigenvalue weighted by molar-refractivity contribution is 6.30. The van der Waals surface area contributed by atoms with Crippen molar-refractivity contribution in [2.45, 2.75) is 44.8 Å². The van der Waals surface area contributed by atoms with Gasteiger partial charge in [0.2, 0.25) is 5.91 Å². The molecule has 3 atom stereocenters. The number of amides is 1. The van der Waals surface area contributed by atoms with E-state index in [0.717, 1.165) is 32.2 Å². The number of hydrogen-bond donors (Lipinski definition) is 2. The number of carbonyl (C=O) groups excluding carboxylic acids is 1. The molecule has 1 amide bonds. The molecule has 0 radical (unpaired) electrons. The molecule has 1 aromatic heterocycles. The summed E-state index contributed by atoms with van der Waals surface area (Å²) in [4.78, 5) is 18.3. The third-order valence-electron chi connectivity index (χ3n) is 4.41. The molecule has 122 valence electrons. The van der Waals surface area contributed by atoms with Crippen LogP contribution < -0.4 is 5.32 Å². The molecule has 1 aromatic rings. The third kappa shape index (κ3) is 4.66. The minimum Gasteiger partial charge on any atom is -0.393 e. The van der Waals surface area contributed by atoms with E-state index in [2.05, 4.69) is 10.3 Å². The average molecular weight is 326 g/mol. The van der Waals surface area contributed by atoms with Crippen molar-refractivity contribution < 1.29 is 9.90 Å². The van der Waals surface area contributed by atoms with E-state index in [1.807, 2.05) is 18.9 Å². The van der Waals surface area contributed by atoms with Crippen LogP contribution in [0.15, 0.2) is 18.3 Å². The maximum absolute atomic E-state index is 12.3. The molecule has 6 heteroatoms. The molecule has 1 heterocycles. The van der Waals surface area contributed by atoms with Gasteiger partial charge in [-0.05, 0) is 44.9 Å². The molecule has 1 aliphatic carbocycles. The zero-order valence-electron chi connectivity index (χ0n) is 13.1. The first-order chi connectivity index (χ1) is 10.5. The van der Waals surface area contributed by atoms with Crippen LogP contribution in [0.1, 0.15) is 32.6 Å². The number of pyridine rings is 1. The van der Waals surface area contributed by atoms with Crippen LogP contribution in [0, 0.1) is 5.92 Å². The SMILES string of the molecule is CC(C(=O)Nc1ccc(Cl)cn1)N(C)CC1CCCCC1O. The molecule has 5 nitrogen and oxygen atoms in total. The zero-order valence-corrected chi connectivity index (χ0v) is 13.9. The van der Waals surface area contributed by atoms with Gasteiger partial charge in [0.05, 0.1) is 17.2 Å². The number of anilines is 1. The molecule has 1 fully saturated rings. The van der Waals surface area contributed by atoms with E-state index in [1.165, 1.54) is 6.20 Å². The minimum atomic E-state index is -0.286. The van der Waals surface area contributed by atoms with Crippen molar-refractivity contribution in [2.24, 2.45) is 5.92 Å². The van der Waals surface area contributed by atoms with E-state index in [0.29, 0.717) is 10.8 Å². The molecule has 0 bridgehead atoms. The summed E-state index contributed by atoms with van der Waals surface area (Å²) in [7, 11) is 1.92. The van der Waals surface area contributed by atoms with Gasteiger partial charge in [-0.3, -0.25) is 9.69 Å². The summed E-state index contributed by atoms with van der Waals surface area (Å²) in [6.07, 6.45) is 5.41. The Balaban J connectivity index is 1.87. The lowest BCUT2D eigenvalue weighted by Gasteiger charge is -2.33. The lowest BCUT2D eigenvalue weighted by molar-refractivity contribution is -0.120. The van der Waals surface area contributed by atoms with Crippen molar-refractivity contribution in [1.29, 1.82) is 0 Å². The number of hydrogen-bond acceptors (Lipinski definition) is 4. The second-order valence-electron chi connectivity index (χ2n) is 6.08. The van der Waals surface area contributed by atoms with Crippen molar-refractivity contribution in [3.63, 3.8) is 0 Å². The quantitative estimate of drug-likeness (QED) is 0.873. The normalized spacial score (nSPS) is 23.3. The van der Waals surface area contributed by atoms with Gasteiger partial charge in [0.25, 0.3) is 0 Å². The molecule has 0 spiro atoms. The minimum absolute atomic E-state index is 0.109. The number of carbonyl (C=O) groups is 1. The summed E-state index contributed by atoms with van der Waals surface area (Å²) in [5, 5.41) is 13.4. The number of likely N-dealkylation sites (N-methyl/N-ethyl adjacent to an activating group) is 1. The smallest absolute Gasteiger partial charge is 0.242 e. The van der Waals surface area contributed by atoms with Gasteiger partial charge in [0, 0.05) is 12.7 Å². The third-order valence-corrected chi connectivity index (χ3v) is 4.63. The average Bonchev–Trinajstić information content (AvgIpc) is 2.51. The van der Waals surface area contributed by atoms with Gasteiger partial charge in [-0.25, -0.2) is 4.98 Å². The van der Waals surface area contributed by atoms with Crippen molar-refractivity contribution in [2.75, 3.05) is 18.9 Å². The van der Waals surface area contributed by atoms with E-state index < -0.39 is 0 Å². The molecule has 22 heavy (non-hydrogen) atoms. The first kappa shape index (κ1) is 17.2.